The second kappa shape index (κ2) is 5.66. The van der Waals surface area contributed by atoms with Crippen molar-refractivity contribution >= 4 is 21.9 Å². The lowest BCUT2D eigenvalue weighted by Crippen LogP contribution is -2.41. The maximum atomic E-state index is 13.6. The quantitative estimate of drug-likeness (QED) is 0.614. The molecule has 1 N–H and O–H groups in total. The van der Waals surface area contributed by atoms with Crippen molar-refractivity contribution in [3.05, 3.63) is 0 Å². The third-order valence-corrected chi connectivity index (χ3v) is 2.51. The van der Waals surface area contributed by atoms with E-state index in [1.807, 2.05) is 13.8 Å². The summed E-state index contributed by atoms with van der Waals surface area (Å²) in [6.45, 7) is 5.33. The lowest BCUT2D eigenvalue weighted by molar-refractivity contribution is -0.156. The largest absolute Gasteiger partial charge is 0.463 e. The molecule has 0 radical (unpaired) electrons. The molecule has 2 atom stereocenters. The van der Waals surface area contributed by atoms with Gasteiger partial charge in [-0.05, 0) is 35.2 Å². The zero-order valence-corrected chi connectivity index (χ0v) is 10.2. The molecule has 14 heavy (non-hydrogen) atoms. The van der Waals surface area contributed by atoms with Gasteiger partial charge in [-0.1, -0.05) is 13.8 Å². The molecule has 0 rings (SSSR count). The number of halogens is 2. The SMILES string of the molecule is CCOC(=O)[C@](F)(Br)[C@H](O)CC(C)C. The van der Waals surface area contributed by atoms with Crippen LogP contribution in [0.5, 0.6) is 0 Å². The molecule has 0 heterocycles. The van der Waals surface area contributed by atoms with E-state index in [-0.39, 0.29) is 18.9 Å². The zero-order valence-electron chi connectivity index (χ0n) is 8.59. The molecule has 0 saturated heterocycles. The molecule has 0 aromatic rings. The van der Waals surface area contributed by atoms with Crippen LogP contribution in [-0.2, 0) is 9.53 Å². The van der Waals surface area contributed by atoms with Crippen LogP contribution in [0.25, 0.3) is 0 Å². The Labute approximate surface area is 91.8 Å². The first-order valence-corrected chi connectivity index (χ1v) is 5.34. The molecule has 84 valence electrons. The van der Waals surface area contributed by atoms with Gasteiger partial charge in [0.1, 0.15) is 6.10 Å². The van der Waals surface area contributed by atoms with Crippen molar-refractivity contribution in [3.8, 4) is 0 Å². The molecule has 0 aliphatic rings. The van der Waals surface area contributed by atoms with E-state index in [2.05, 4.69) is 20.7 Å². The Morgan fingerprint density at radius 3 is 2.50 bits per heavy atom. The average Bonchev–Trinajstić information content (AvgIpc) is 2.03. The number of carbonyl (C=O) groups is 1. The first-order valence-electron chi connectivity index (χ1n) is 4.55. The standard InChI is InChI=1S/C9H16BrFO3/c1-4-14-8(13)9(10,11)7(12)5-6(2)3/h6-7,12H,4-5H2,1-3H3/t7-,9+/m1/s1. The fourth-order valence-electron chi connectivity index (χ4n) is 0.958. The highest BCUT2D eigenvalue weighted by Crippen LogP contribution is 2.29. The molecule has 0 aliphatic carbocycles. The number of aliphatic hydroxyl groups is 1. The van der Waals surface area contributed by atoms with Crippen LogP contribution in [0, 0.1) is 5.92 Å². The third kappa shape index (κ3) is 3.92. The summed E-state index contributed by atoms with van der Waals surface area (Å²) in [7, 11) is 0. The predicted octanol–water partition coefficient (Wildman–Crippen LogP) is 2.02. The number of rotatable bonds is 5. The Kier molecular flexibility index (Phi) is 5.59. The molecule has 3 nitrogen and oxygen atoms in total. The number of ether oxygens (including phenoxy) is 1. The van der Waals surface area contributed by atoms with E-state index < -0.39 is 16.7 Å². The lowest BCUT2D eigenvalue weighted by Gasteiger charge is -2.23. The van der Waals surface area contributed by atoms with Gasteiger partial charge in [0.2, 0.25) is 0 Å². The van der Waals surface area contributed by atoms with Gasteiger partial charge in [0.15, 0.2) is 0 Å². The summed E-state index contributed by atoms with van der Waals surface area (Å²) in [5.41, 5.74) is 0. The molecule has 0 unspecified atom stereocenters. The van der Waals surface area contributed by atoms with E-state index in [9.17, 15) is 14.3 Å². The van der Waals surface area contributed by atoms with Crippen molar-refractivity contribution in [1.29, 1.82) is 0 Å². The number of alkyl halides is 2. The highest BCUT2D eigenvalue weighted by Gasteiger charge is 2.44. The summed E-state index contributed by atoms with van der Waals surface area (Å²) in [4.78, 5) is 11.1. The van der Waals surface area contributed by atoms with Crippen LogP contribution in [0.1, 0.15) is 27.2 Å². The summed E-state index contributed by atoms with van der Waals surface area (Å²) in [5.74, 6) is -0.972. The van der Waals surface area contributed by atoms with Crippen LogP contribution >= 0.6 is 15.9 Å². The second-order valence-electron chi connectivity index (χ2n) is 3.49. The van der Waals surface area contributed by atoms with Crippen molar-refractivity contribution in [2.75, 3.05) is 6.61 Å². The Hall–Kier alpha value is -0.160. The van der Waals surface area contributed by atoms with Crippen molar-refractivity contribution in [2.45, 2.75) is 37.9 Å². The Morgan fingerprint density at radius 1 is 1.64 bits per heavy atom. The summed E-state index contributed by atoms with van der Waals surface area (Å²) in [5, 5.41) is 9.42. The third-order valence-electron chi connectivity index (χ3n) is 1.66. The van der Waals surface area contributed by atoms with E-state index in [0.29, 0.717) is 0 Å². The van der Waals surface area contributed by atoms with E-state index in [1.54, 1.807) is 6.92 Å². The van der Waals surface area contributed by atoms with Crippen molar-refractivity contribution in [3.63, 3.8) is 0 Å². The van der Waals surface area contributed by atoms with E-state index >= 15 is 0 Å². The zero-order chi connectivity index (χ0) is 11.4. The predicted molar refractivity (Wildman–Crippen MR) is 54.9 cm³/mol. The van der Waals surface area contributed by atoms with E-state index in [1.165, 1.54) is 0 Å². The van der Waals surface area contributed by atoms with Gasteiger partial charge in [-0.2, -0.15) is 0 Å². The highest BCUT2D eigenvalue weighted by atomic mass is 79.9. The highest BCUT2D eigenvalue weighted by molar-refractivity contribution is 9.10. The fraction of sp³-hybridized carbons (Fsp3) is 0.889. The number of hydrogen-bond donors (Lipinski definition) is 1. The molecule has 0 aromatic heterocycles. The Morgan fingerprint density at radius 2 is 2.14 bits per heavy atom. The lowest BCUT2D eigenvalue weighted by atomic mass is 10.0. The smallest absolute Gasteiger partial charge is 0.357 e. The van der Waals surface area contributed by atoms with Crippen molar-refractivity contribution in [1.82, 2.24) is 0 Å². The van der Waals surface area contributed by atoms with Gasteiger partial charge >= 0.3 is 5.97 Å². The molecule has 0 amide bonds. The van der Waals surface area contributed by atoms with Crippen LogP contribution in [0.15, 0.2) is 0 Å². The number of hydrogen-bond acceptors (Lipinski definition) is 3. The molecule has 0 saturated carbocycles. The normalized spacial score (nSPS) is 17.6. The fourth-order valence-corrected chi connectivity index (χ4v) is 1.26. The van der Waals surface area contributed by atoms with Gasteiger partial charge in [0, 0.05) is 0 Å². The number of aliphatic hydroxyl groups excluding tert-OH is 1. The molecule has 5 heteroatoms. The molecular formula is C9H16BrFO3. The van der Waals surface area contributed by atoms with Gasteiger partial charge in [-0.15, -0.1) is 0 Å². The maximum absolute atomic E-state index is 13.6. The van der Waals surface area contributed by atoms with Gasteiger partial charge in [0.25, 0.3) is 4.58 Å². The number of carbonyl (C=O) groups excluding carboxylic acids is 1. The molecule has 0 spiro atoms. The van der Waals surface area contributed by atoms with E-state index in [4.69, 9.17) is 0 Å². The minimum absolute atomic E-state index is 0.0878. The number of esters is 1. The van der Waals surface area contributed by atoms with Crippen LogP contribution in [-0.4, -0.2) is 28.4 Å². The summed E-state index contributed by atoms with van der Waals surface area (Å²) < 4.78 is 15.6. The summed E-state index contributed by atoms with van der Waals surface area (Å²) >= 11 is 2.55. The van der Waals surface area contributed by atoms with Crippen LogP contribution < -0.4 is 0 Å². The van der Waals surface area contributed by atoms with Gasteiger partial charge in [-0.3, -0.25) is 0 Å². The molecule has 0 aromatic carbocycles. The monoisotopic (exact) mass is 270 g/mol. The second-order valence-corrected chi connectivity index (χ2v) is 4.64. The Bertz CT molecular complexity index is 194. The summed E-state index contributed by atoms with van der Waals surface area (Å²) in [6.07, 6.45) is -1.19. The molecule has 0 bridgehead atoms. The first-order chi connectivity index (χ1) is 6.32. The van der Waals surface area contributed by atoms with Gasteiger partial charge < -0.3 is 9.84 Å². The van der Waals surface area contributed by atoms with E-state index in [0.717, 1.165) is 0 Å². The molecule has 0 aliphatic heterocycles. The van der Waals surface area contributed by atoms with Crippen LogP contribution in [0.4, 0.5) is 4.39 Å². The van der Waals surface area contributed by atoms with Gasteiger partial charge in [-0.25, -0.2) is 9.18 Å². The topological polar surface area (TPSA) is 46.5 Å². The van der Waals surface area contributed by atoms with Crippen molar-refractivity contribution in [2.24, 2.45) is 5.92 Å². The van der Waals surface area contributed by atoms with Crippen LogP contribution in [0.3, 0.4) is 0 Å². The summed E-state index contributed by atoms with van der Waals surface area (Å²) in [6, 6.07) is 0. The first kappa shape index (κ1) is 13.8. The average molecular weight is 271 g/mol. The Balaban J connectivity index is 4.35. The van der Waals surface area contributed by atoms with Crippen LogP contribution in [0.2, 0.25) is 0 Å². The van der Waals surface area contributed by atoms with Crippen molar-refractivity contribution < 1.29 is 19.0 Å². The molecule has 0 fully saturated rings. The maximum Gasteiger partial charge on any atom is 0.357 e. The minimum Gasteiger partial charge on any atom is -0.463 e. The minimum atomic E-state index is -2.49. The molecular weight excluding hydrogens is 255 g/mol. The van der Waals surface area contributed by atoms with Gasteiger partial charge in [0.05, 0.1) is 6.61 Å².